The molecule has 0 radical (unpaired) electrons. The van der Waals surface area contributed by atoms with Gasteiger partial charge in [0.25, 0.3) is 0 Å². The quantitative estimate of drug-likeness (QED) is 0.689. The summed E-state index contributed by atoms with van der Waals surface area (Å²) in [6.45, 7) is 4.86. The van der Waals surface area contributed by atoms with E-state index in [2.05, 4.69) is 0 Å². The molecule has 4 rings (SSSR count). The number of nitrogens with zero attached hydrogens (tertiary/aromatic N) is 2. The summed E-state index contributed by atoms with van der Waals surface area (Å²) < 4.78 is 17.1. The first-order chi connectivity index (χ1) is 15.1. The first kappa shape index (κ1) is 22.4. The van der Waals surface area contributed by atoms with Crippen molar-refractivity contribution in [3.05, 3.63) is 29.3 Å². The van der Waals surface area contributed by atoms with Gasteiger partial charge in [-0.05, 0) is 31.0 Å². The smallest absolute Gasteiger partial charge is 0.225 e. The van der Waals surface area contributed by atoms with Gasteiger partial charge in [-0.1, -0.05) is 17.7 Å². The number of hydrogen-bond donors (Lipinski definition) is 0. The molecule has 3 heterocycles. The van der Waals surface area contributed by atoms with Crippen LogP contribution in [0.25, 0.3) is 0 Å². The highest BCUT2D eigenvalue weighted by molar-refractivity contribution is 6.30. The summed E-state index contributed by atoms with van der Waals surface area (Å²) in [5, 5.41) is 0.616. The Labute approximate surface area is 188 Å². The molecule has 170 valence electrons. The molecule has 3 fully saturated rings. The highest BCUT2D eigenvalue weighted by Crippen LogP contribution is 2.29. The molecule has 8 heteroatoms. The molecule has 3 aliphatic heterocycles. The number of carbonyl (C=O) groups is 2. The minimum Gasteiger partial charge on any atom is -0.490 e. The Morgan fingerprint density at radius 1 is 1.00 bits per heavy atom. The Hall–Kier alpha value is -1.83. The molecule has 7 nitrogen and oxygen atoms in total. The normalized spacial score (nSPS) is 25.3. The van der Waals surface area contributed by atoms with Crippen LogP contribution < -0.4 is 4.74 Å². The number of carbonyl (C=O) groups excluding carboxylic acids is 2. The number of hydrogen-bond acceptors (Lipinski definition) is 5. The summed E-state index contributed by atoms with van der Waals surface area (Å²) in [6.07, 6.45) is 2.47. The van der Waals surface area contributed by atoms with E-state index in [1.165, 1.54) is 0 Å². The lowest BCUT2D eigenvalue weighted by Gasteiger charge is -2.40. The van der Waals surface area contributed by atoms with Crippen LogP contribution in [0.5, 0.6) is 5.75 Å². The van der Waals surface area contributed by atoms with Gasteiger partial charge in [-0.25, -0.2) is 0 Å². The number of piperidine rings is 1. The Kier molecular flexibility index (Phi) is 7.69. The lowest BCUT2D eigenvalue weighted by molar-refractivity contribution is -0.145. The second kappa shape index (κ2) is 10.7. The first-order valence-electron chi connectivity index (χ1n) is 11.2. The van der Waals surface area contributed by atoms with Crippen molar-refractivity contribution in [2.24, 2.45) is 11.8 Å². The highest BCUT2D eigenvalue weighted by Gasteiger charge is 2.37. The number of rotatable bonds is 5. The topological polar surface area (TPSA) is 68.3 Å². The Balaban J connectivity index is 1.44. The molecule has 0 spiro atoms. The van der Waals surface area contributed by atoms with E-state index in [-0.39, 0.29) is 29.8 Å². The minimum atomic E-state index is -0.137. The molecule has 1 aromatic rings. The molecule has 1 aromatic carbocycles. The second-order valence-electron chi connectivity index (χ2n) is 8.53. The van der Waals surface area contributed by atoms with Crippen LogP contribution in [0.15, 0.2) is 24.3 Å². The summed E-state index contributed by atoms with van der Waals surface area (Å²) >= 11 is 6.12. The molecule has 3 saturated heterocycles. The average molecular weight is 451 g/mol. The molecule has 0 saturated carbocycles. The molecule has 2 amide bonds. The third kappa shape index (κ3) is 5.90. The number of halogens is 1. The lowest BCUT2D eigenvalue weighted by atomic mass is 9.89. The molecule has 0 N–H and O–H groups in total. The Morgan fingerprint density at radius 3 is 2.48 bits per heavy atom. The van der Waals surface area contributed by atoms with E-state index >= 15 is 0 Å². The zero-order valence-corrected chi connectivity index (χ0v) is 18.6. The van der Waals surface area contributed by atoms with E-state index in [0.29, 0.717) is 76.2 Å². The van der Waals surface area contributed by atoms with Crippen molar-refractivity contribution in [1.82, 2.24) is 9.80 Å². The lowest BCUT2D eigenvalue weighted by Crippen LogP contribution is -2.52. The fourth-order valence-electron chi connectivity index (χ4n) is 4.65. The predicted molar refractivity (Wildman–Crippen MR) is 116 cm³/mol. The largest absolute Gasteiger partial charge is 0.490 e. The van der Waals surface area contributed by atoms with Gasteiger partial charge in [-0.2, -0.15) is 0 Å². The summed E-state index contributed by atoms with van der Waals surface area (Å²) in [5.41, 5.74) is 0. The van der Waals surface area contributed by atoms with E-state index in [1.54, 1.807) is 6.07 Å². The van der Waals surface area contributed by atoms with Gasteiger partial charge in [-0.3, -0.25) is 9.59 Å². The molecular formula is C23H31ClN2O5. The van der Waals surface area contributed by atoms with Crippen molar-refractivity contribution in [1.29, 1.82) is 0 Å². The van der Waals surface area contributed by atoms with Crippen molar-refractivity contribution in [3.63, 3.8) is 0 Å². The SMILES string of the molecule is O=C(C[C@H]1CN(C(=O)C2CCOCC2)CC[C@@H]1Oc1cccc(Cl)c1)N1CCOCC1. The zero-order chi connectivity index (χ0) is 21.6. The molecule has 2 atom stereocenters. The zero-order valence-electron chi connectivity index (χ0n) is 17.8. The fourth-order valence-corrected chi connectivity index (χ4v) is 4.83. The van der Waals surface area contributed by atoms with Crippen molar-refractivity contribution < 1.29 is 23.8 Å². The van der Waals surface area contributed by atoms with Crippen LogP contribution in [-0.2, 0) is 19.1 Å². The molecule has 31 heavy (non-hydrogen) atoms. The second-order valence-corrected chi connectivity index (χ2v) is 8.97. The number of morpholine rings is 1. The number of benzene rings is 1. The van der Waals surface area contributed by atoms with Crippen LogP contribution in [0.3, 0.4) is 0 Å². The van der Waals surface area contributed by atoms with Crippen LogP contribution in [0.2, 0.25) is 5.02 Å². The van der Waals surface area contributed by atoms with Crippen molar-refractivity contribution in [3.8, 4) is 5.75 Å². The monoisotopic (exact) mass is 450 g/mol. The first-order valence-corrected chi connectivity index (χ1v) is 11.6. The van der Waals surface area contributed by atoms with E-state index in [4.69, 9.17) is 25.8 Å². The molecule has 0 unspecified atom stereocenters. The molecular weight excluding hydrogens is 420 g/mol. The van der Waals surface area contributed by atoms with Crippen LogP contribution in [0, 0.1) is 11.8 Å². The minimum absolute atomic E-state index is 0.0229. The van der Waals surface area contributed by atoms with Gasteiger partial charge in [0.2, 0.25) is 11.8 Å². The van der Waals surface area contributed by atoms with Crippen LogP contribution >= 0.6 is 11.6 Å². The van der Waals surface area contributed by atoms with Gasteiger partial charge in [0, 0.05) is 69.1 Å². The average Bonchev–Trinajstić information content (AvgIpc) is 2.81. The maximum Gasteiger partial charge on any atom is 0.225 e. The van der Waals surface area contributed by atoms with Crippen LogP contribution in [0.1, 0.15) is 25.7 Å². The third-order valence-corrected chi connectivity index (χ3v) is 6.67. The molecule has 3 aliphatic rings. The summed E-state index contributed by atoms with van der Waals surface area (Å²) in [6, 6.07) is 7.34. The van der Waals surface area contributed by atoms with Gasteiger partial charge >= 0.3 is 0 Å². The number of ether oxygens (including phenoxy) is 3. The maximum absolute atomic E-state index is 13.1. The van der Waals surface area contributed by atoms with E-state index < -0.39 is 0 Å². The Morgan fingerprint density at radius 2 is 1.74 bits per heavy atom. The van der Waals surface area contributed by atoms with Crippen molar-refractivity contribution in [2.45, 2.75) is 31.8 Å². The van der Waals surface area contributed by atoms with Crippen LogP contribution in [0.4, 0.5) is 0 Å². The number of amides is 2. The summed E-state index contributed by atoms with van der Waals surface area (Å²) in [5.74, 6) is 0.953. The van der Waals surface area contributed by atoms with Crippen LogP contribution in [-0.4, -0.2) is 80.3 Å². The fraction of sp³-hybridized carbons (Fsp3) is 0.652. The number of likely N-dealkylation sites (tertiary alicyclic amines) is 1. The van der Waals surface area contributed by atoms with Gasteiger partial charge in [0.15, 0.2) is 0 Å². The van der Waals surface area contributed by atoms with Crippen molar-refractivity contribution >= 4 is 23.4 Å². The van der Waals surface area contributed by atoms with Crippen molar-refractivity contribution in [2.75, 3.05) is 52.6 Å². The predicted octanol–water partition coefficient (Wildman–Crippen LogP) is 2.61. The summed E-state index contributed by atoms with van der Waals surface area (Å²) in [4.78, 5) is 29.9. The molecule has 0 aromatic heterocycles. The highest BCUT2D eigenvalue weighted by atomic mass is 35.5. The van der Waals surface area contributed by atoms with Gasteiger partial charge in [0.1, 0.15) is 11.9 Å². The maximum atomic E-state index is 13.1. The van der Waals surface area contributed by atoms with Gasteiger partial charge in [-0.15, -0.1) is 0 Å². The molecule has 0 aliphatic carbocycles. The summed E-state index contributed by atoms with van der Waals surface area (Å²) in [7, 11) is 0. The Bertz CT molecular complexity index is 764. The standard InChI is InChI=1S/C23H31ClN2O5/c24-19-2-1-3-20(15-19)31-21-4-7-26(23(28)17-5-10-29-11-6-17)16-18(21)14-22(27)25-8-12-30-13-9-25/h1-3,15,17-18,21H,4-14,16H2/t18-,21-/m0/s1. The van der Waals surface area contributed by atoms with E-state index in [0.717, 1.165) is 12.8 Å². The van der Waals surface area contributed by atoms with E-state index in [9.17, 15) is 9.59 Å². The van der Waals surface area contributed by atoms with Gasteiger partial charge < -0.3 is 24.0 Å². The van der Waals surface area contributed by atoms with E-state index in [1.807, 2.05) is 28.0 Å². The molecule has 0 bridgehead atoms. The van der Waals surface area contributed by atoms with Gasteiger partial charge in [0.05, 0.1) is 13.2 Å². The third-order valence-electron chi connectivity index (χ3n) is 6.43.